The van der Waals surface area contributed by atoms with Crippen molar-refractivity contribution in [2.75, 3.05) is 47.5 Å². The fourth-order valence-electron chi connectivity index (χ4n) is 3.07. The number of guanidine groups is 1. The van der Waals surface area contributed by atoms with Crippen molar-refractivity contribution in [1.29, 1.82) is 0 Å². The van der Waals surface area contributed by atoms with E-state index in [1.165, 1.54) is 0 Å². The molecule has 28 heavy (non-hydrogen) atoms. The van der Waals surface area contributed by atoms with Crippen molar-refractivity contribution in [3.63, 3.8) is 0 Å². The van der Waals surface area contributed by atoms with Gasteiger partial charge in [-0.2, -0.15) is 0 Å². The number of nitrogens with zero attached hydrogens (tertiary/aromatic N) is 2. The second kappa shape index (κ2) is 13.6. The Morgan fingerprint density at radius 1 is 1.25 bits per heavy atom. The quantitative estimate of drug-likeness (QED) is 0.323. The summed E-state index contributed by atoms with van der Waals surface area (Å²) in [5, 5.41) is 6.04. The van der Waals surface area contributed by atoms with Crippen molar-refractivity contribution in [2.45, 2.75) is 25.8 Å². The number of hydrogen-bond donors (Lipinski definition) is 2. The van der Waals surface area contributed by atoms with E-state index in [-0.39, 0.29) is 36.4 Å². The highest BCUT2D eigenvalue weighted by Crippen LogP contribution is 2.18. The predicted octanol–water partition coefficient (Wildman–Crippen LogP) is 2.25. The number of halogens is 1. The first kappa shape index (κ1) is 24.5. The first-order valence-electron chi connectivity index (χ1n) is 9.51. The van der Waals surface area contributed by atoms with E-state index < -0.39 is 0 Å². The highest BCUT2D eigenvalue weighted by atomic mass is 127. The molecular formula is C20H33IN4O3. The fourth-order valence-corrected chi connectivity index (χ4v) is 3.07. The van der Waals surface area contributed by atoms with E-state index >= 15 is 0 Å². The first-order valence-corrected chi connectivity index (χ1v) is 9.51. The van der Waals surface area contributed by atoms with Gasteiger partial charge in [0.1, 0.15) is 5.75 Å². The molecule has 7 nitrogen and oxygen atoms in total. The normalized spacial score (nSPS) is 14.8. The van der Waals surface area contributed by atoms with Crippen molar-refractivity contribution in [3.05, 3.63) is 29.8 Å². The zero-order valence-corrected chi connectivity index (χ0v) is 19.4. The van der Waals surface area contributed by atoms with Crippen LogP contribution in [0.4, 0.5) is 0 Å². The summed E-state index contributed by atoms with van der Waals surface area (Å²) in [6.45, 7) is 3.34. The largest absolute Gasteiger partial charge is 0.497 e. The Balaban J connectivity index is 0.00000392. The number of aliphatic imine (C=N–C) groups is 1. The molecule has 0 radical (unpaired) electrons. The third-order valence-corrected chi connectivity index (χ3v) is 4.84. The lowest BCUT2D eigenvalue weighted by Crippen LogP contribution is -2.44. The Labute approximate surface area is 185 Å². The molecule has 0 atom stereocenters. The number of methoxy groups -OCH3 is 1. The Morgan fingerprint density at radius 2 is 1.93 bits per heavy atom. The molecule has 0 saturated carbocycles. The molecule has 2 N–H and O–H groups in total. The van der Waals surface area contributed by atoms with Gasteiger partial charge >= 0.3 is 0 Å². The lowest BCUT2D eigenvalue weighted by molar-refractivity contribution is -0.120. The van der Waals surface area contributed by atoms with Gasteiger partial charge in [-0.3, -0.25) is 9.79 Å². The summed E-state index contributed by atoms with van der Waals surface area (Å²) < 4.78 is 10.5. The van der Waals surface area contributed by atoms with Crippen molar-refractivity contribution in [1.82, 2.24) is 15.5 Å². The van der Waals surface area contributed by atoms with Gasteiger partial charge in [-0.1, -0.05) is 12.1 Å². The van der Waals surface area contributed by atoms with Gasteiger partial charge in [0, 0.05) is 40.4 Å². The second-order valence-corrected chi connectivity index (χ2v) is 6.79. The number of carbonyl (C=O) groups excluding carboxylic acids is 1. The molecule has 1 heterocycles. The molecule has 1 aliphatic rings. The third-order valence-electron chi connectivity index (χ3n) is 4.84. The molecule has 0 spiro atoms. The summed E-state index contributed by atoms with van der Waals surface area (Å²) >= 11 is 0. The Hall–Kier alpha value is -1.55. The summed E-state index contributed by atoms with van der Waals surface area (Å²) in [6, 6.07) is 7.65. The van der Waals surface area contributed by atoms with Crippen LogP contribution < -0.4 is 15.4 Å². The smallest absolute Gasteiger partial charge is 0.239 e. The summed E-state index contributed by atoms with van der Waals surface area (Å²) in [4.78, 5) is 18.5. The van der Waals surface area contributed by atoms with E-state index in [2.05, 4.69) is 20.5 Å². The number of hydrogen-bond acceptors (Lipinski definition) is 4. The summed E-state index contributed by atoms with van der Waals surface area (Å²) in [7, 11) is 5.38. The molecule has 0 aliphatic carbocycles. The van der Waals surface area contributed by atoms with E-state index in [4.69, 9.17) is 9.47 Å². The van der Waals surface area contributed by atoms with Crippen LogP contribution >= 0.6 is 24.0 Å². The molecule has 2 rings (SSSR count). The van der Waals surface area contributed by atoms with Crippen LogP contribution in [-0.2, 0) is 16.1 Å². The summed E-state index contributed by atoms with van der Waals surface area (Å²) in [5.41, 5.74) is 1.03. The topological polar surface area (TPSA) is 75.2 Å². The minimum absolute atomic E-state index is 0. The molecule has 1 fully saturated rings. The molecule has 1 aromatic rings. The molecular weight excluding hydrogens is 471 g/mol. The first-order chi connectivity index (χ1) is 13.1. The Bertz CT molecular complexity index is 604. The maximum atomic E-state index is 12.1. The number of carbonyl (C=O) groups is 1. The summed E-state index contributed by atoms with van der Waals surface area (Å²) in [6.07, 6.45) is 3.38. The van der Waals surface area contributed by atoms with Crippen LogP contribution in [0.15, 0.2) is 29.3 Å². The van der Waals surface area contributed by atoms with Gasteiger partial charge in [-0.05, 0) is 42.9 Å². The van der Waals surface area contributed by atoms with Crippen LogP contribution in [0.3, 0.4) is 0 Å². The number of ether oxygens (including phenoxy) is 2. The number of amides is 1. The van der Waals surface area contributed by atoms with Crippen LogP contribution in [0.1, 0.15) is 24.8 Å². The fraction of sp³-hybridized carbons (Fsp3) is 0.600. The molecule has 8 heteroatoms. The highest BCUT2D eigenvalue weighted by molar-refractivity contribution is 14.0. The molecule has 1 amide bonds. The minimum Gasteiger partial charge on any atom is -0.497 e. The monoisotopic (exact) mass is 504 g/mol. The minimum atomic E-state index is -0.0650. The van der Waals surface area contributed by atoms with E-state index in [1.807, 2.05) is 31.3 Å². The molecule has 158 valence electrons. The Kier molecular flexibility index (Phi) is 11.9. The second-order valence-electron chi connectivity index (χ2n) is 6.79. The van der Waals surface area contributed by atoms with Gasteiger partial charge in [0.15, 0.2) is 5.96 Å². The summed E-state index contributed by atoms with van der Waals surface area (Å²) in [5.74, 6) is 2.19. The molecule has 1 saturated heterocycles. The number of rotatable bonds is 8. The van der Waals surface area contributed by atoms with Crippen LogP contribution in [-0.4, -0.2) is 64.3 Å². The highest BCUT2D eigenvalue weighted by Gasteiger charge is 2.15. The number of nitrogens with one attached hydrogen (secondary N) is 2. The van der Waals surface area contributed by atoms with Crippen molar-refractivity contribution < 1.29 is 14.3 Å². The Morgan fingerprint density at radius 3 is 2.54 bits per heavy atom. The van der Waals surface area contributed by atoms with Crippen LogP contribution in [0.2, 0.25) is 0 Å². The van der Waals surface area contributed by atoms with Gasteiger partial charge in [0.2, 0.25) is 5.91 Å². The third kappa shape index (κ3) is 8.64. The van der Waals surface area contributed by atoms with Crippen molar-refractivity contribution >= 4 is 35.8 Å². The van der Waals surface area contributed by atoms with Crippen LogP contribution in [0, 0.1) is 5.92 Å². The van der Waals surface area contributed by atoms with Gasteiger partial charge in [0.25, 0.3) is 0 Å². The van der Waals surface area contributed by atoms with Gasteiger partial charge in [-0.25, -0.2) is 0 Å². The standard InChI is InChI=1S/C20H32N4O3.HI/c1-21-20(24(2)11-8-16-9-12-27-13-10-16)23-15-19(25)22-14-17-4-6-18(26-3)7-5-17;/h4-7,16H,8-15H2,1-3H3,(H,21,23)(H,22,25);1H. The molecule has 1 aromatic carbocycles. The van der Waals surface area contributed by atoms with Gasteiger partial charge in [-0.15, -0.1) is 24.0 Å². The van der Waals surface area contributed by atoms with Gasteiger partial charge in [0.05, 0.1) is 13.7 Å². The maximum absolute atomic E-state index is 12.1. The van der Waals surface area contributed by atoms with Crippen LogP contribution in [0.5, 0.6) is 5.75 Å². The van der Waals surface area contributed by atoms with E-state index in [9.17, 15) is 4.79 Å². The van der Waals surface area contributed by atoms with E-state index in [1.54, 1.807) is 14.2 Å². The molecule has 0 aromatic heterocycles. The molecule has 0 bridgehead atoms. The van der Waals surface area contributed by atoms with Crippen LogP contribution in [0.25, 0.3) is 0 Å². The van der Waals surface area contributed by atoms with E-state index in [0.29, 0.717) is 12.5 Å². The average molecular weight is 504 g/mol. The zero-order valence-electron chi connectivity index (χ0n) is 17.1. The lowest BCUT2D eigenvalue weighted by Gasteiger charge is -2.26. The molecule has 0 unspecified atom stereocenters. The van der Waals surface area contributed by atoms with Crippen molar-refractivity contribution in [2.24, 2.45) is 10.9 Å². The number of benzene rings is 1. The molecule has 1 aliphatic heterocycles. The zero-order chi connectivity index (χ0) is 19.5. The predicted molar refractivity (Wildman–Crippen MR) is 122 cm³/mol. The van der Waals surface area contributed by atoms with Crippen molar-refractivity contribution in [3.8, 4) is 5.75 Å². The average Bonchev–Trinajstić information content (AvgIpc) is 2.72. The maximum Gasteiger partial charge on any atom is 0.239 e. The van der Waals surface area contributed by atoms with Gasteiger partial charge < -0.3 is 25.0 Å². The lowest BCUT2D eigenvalue weighted by atomic mass is 9.96. The van der Waals surface area contributed by atoms with E-state index in [0.717, 1.165) is 56.3 Å². The SMILES string of the molecule is CN=C(NCC(=O)NCc1ccc(OC)cc1)N(C)CCC1CCOCC1.I.